The third kappa shape index (κ3) is 5.23. The molecule has 144 valence electrons. The van der Waals surface area contributed by atoms with Crippen molar-refractivity contribution in [3.63, 3.8) is 0 Å². The fourth-order valence-electron chi connectivity index (χ4n) is 2.85. The first-order valence-corrected chi connectivity index (χ1v) is 9.69. The molecule has 2 heterocycles. The van der Waals surface area contributed by atoms with E-state index in [0.717, 1.165) is 17.0 Å². The summed E-state index contributed by atoms with van der Waals surface area (Å²) in [5.74, 6) is -0.0948. The molecule has 0 spiro atoms. The van der Waals surface area contributed by atoms with Gasteiger partial charge >= 0.3 is 5.97 Å². The molecule has 26 heavy (non-hydrogen) atoms. The quantitative estimate of drug-likeness (QED) is 0.757. The van der Waals surface area contributed by atoms with Crippen molar-refractivity contribution >= 4 is 29.5 Å². The number of rotatable bonds is 7. The van der Waals surface area contributed by atoms with Crippen LogP contribution < -0.4 is 0 Å². The van der Waals surface area contributed by atoms with E-state index in [-0.39, 0.29) is 30.7 Å². The van der Waals surface area contributed by atoms with Crippen molar-refractivity contribution in [2.24, 2.45) is 5.92 Å². The second-order valence-corrected chi connectivity index (χ2v) is 7.55. The van der Waals surface area contributed by atoms with Gasteiger partial charge in [-0.05, 0) is 26.7 Å². The predicted molar refractivity (Wildman–Crippen MR) is 96.7 cm³/mol. The largest absolute Gasteiger partial charge is 0.481 e. The molecular weight excluding hydrogens is 358 g/mol. The van der Waals surface area contributed by atoms with Crippen LogP contribution in [0.2, 0.25) is 0 Å². The zero-order valence-electron chi connectivity index (χ0n) is 15.4. The molecular formula is C17H25N3O5S. The molecule has 9 heteroatoms. The maximum atomic E-state index is 12.3. The Morgan fingerprint density at radius 1 is 1.38 bits per heavy atom. The van der Waals surface area contributed by atoms with Gasteiger partial charge in [-0.25, -0.2) is 0 Å². The number of likely N-dealkylation sites (tertiary alicyclic amines) is 1. The van der Waals surface area contributed by atoms with E-state index in [1.54, 1.807) is 11.9 Å². The zero-order chi connectivity index (χ0) is 19.3. The van der Waals surface area contributed by atoms with Crippen molar-refractivity contribution in [3.8, 4) is 0 Å². The number of likely N-dealkylation sites (N-methyl/N-ethyl adjacent to an activating group) is 1. The molecule has 0 aliphatic carbocycles. The molecule has 1 aliphatic rings. The fraction of sp³-hybridized carbons (Fsp3) is 0.647. The first-order valence-electron chi connectivity index (χ1n) is 8.53. The number of amides is 2. The van der Waals surface area contributed by atoms with Crippen LogP contribution in [0.4, 0.5) is 0 Å². The van der Waals surface area contributed by atoms with Crippen LogP contribution in [-0.2, 0) is 20.1 Å². The summed E-state index contributed by atoms with van der Waals surface area (Å²) in [7, 11) is 1.59. The van der Waals surface area contributed by atoms with Crippen LogP contribution >= 0.6 is 11.8 Å². The molecule has 1 aromatic heterocycles. The van der Waals surface area contributed by atoms with Crippen LogP contribution in [-0.4, -0.2) is 70.3 Å². The summed E-state index contributed by atoms with van der Waals surface area (Å²) in [5, 5.41) is 13.0. The number of carboxylic acids is 1. The highest BCUT2D eigenvalue weighted by molar-refractivity contribution is 7.99. The first kappa shape index (κ1) is 20.3. The highest BCUT2D eigenvalue weighted by Gasteiger charge is 2.28. The van der Waals surface area contributed by atoms with Crippen LogP contribution in [0.5, 0.6) is 0 Å². The predicted octanol–water partition coefficient (Wildman–Crippen LogP) is 1.31. The normalized spacial score (nSPS) is 17.2. The maximum absolute atomic E-state index is 12.3. The van der Waals surface area contributed by atoms with E-state index >= 15 is 0 Å². The van der Waals surface area contributed by atoms with E-state index in [2.05, 4.69) is 5.16 Å². The van der Waals surface area contributed by atoms with Crippen molar-refractivity contribution in [2.75, 3.05) is 32.4 Å². The molecule has 0 aromatic carbocycles. The Morgan fingerprint density at radius 2 is 2.12 bits per heavy atom. The van der Waals surface area contributed by atoms with Gasteiger partial charge in [0.2, 0.25) is 11.8 Å². The number of carbonyl (C=O) groups excluding carboxylic acids is 2. The van der Waals surface area contributed by atoms with E-state index in [1.165, 1.54) is 16.7 Å². The van der Waals surface area contributed by atoms with E-state index in [1.807, 2.05) is 13.8 Å². The van der Waals surface area contributed by atoms with Gasteiger partial charge in [-0.3, -0.25) is 14.4 Å². The number of carboxylic acid groups (broad SMARTS) is 1. The van der Waals surface area contributed by atoms with Crippen LogP contribution in [0, 0.1) is 19.8 Å². The smallest absolute Gasteiger partial charge is 0.308 e. The summed E-state index contributed by atoms with van der Waals surface area (Å²) in [6, 6.07) is 0. The van der Waals surface area contributed by atoms with Crippen LogP contribution in [0.3, 0.4) is 0 Å². The molecule has 1 unspecified atom stereocenters. The Kier molecular flexibility index (Phi) is 7.07. The number of piperidine rings is 1. The molecule has 1 atom stereocenters. The van der Waals surface area contributed by atoms with Crippen LogP contribution in [0.1, 0.15) is 29.9 Å². The average molecular weight is 383 g/mol. The Labute approximate surface area is 156 Å². The zero-order valence-corrected chi connectivity index (χ0v) is 16.2. The lowest BCUT2D eigenvalue weighted by Gasteiger charge is -2.32. The minimum Gasteiger partial charge on any atom is -0.481 e. The van der Waals surface area contributed by atoms with Gasteiger partial charge in [-0.2, -0.15) is 0 Å². The molecule has 1 N–H and O–H groups in total. The fourth-order valence-corrected chi connectivity index (χ4v) is 3.97. The van der Waals surface area contributed by atoms with Gasteiger partial charge in [0.15, 0.2) is 0 Å². The summed E-state index contributed by atoms with van der Waals surface area (Å²) in [5.41, 5.74) is 1.82. The molecule has 2 rings (SSSR count). The topological polar surface area (TPSA) is 104 Å². The van der Waals surface area contributed by atoms with E-state index in [0.29, 0.717) is 25.1 Å². The van der Waals surface area contributed by atoms with Crippen molar-refractivity contribution in [2.45, 2.75) is 32.4 Å². The minimum absolute atomic E-state index is 0.0307. The van der Waals surface area contributed by atoms with Crippen LogP contribution in [0.25, 0.3) is 0 Å². The molecule has 1 saturated heterocycles. The summed E-state index contributed by atoms with van der Waals surface area (Å²) < 4.78 is 5.09. The summed E-state index contributed by atoms with van der Waals surface area (Å²) in [6.07, 6.45) is 1.26. The lowest BCUT2D eigenvalue weighted by molar-refractivity contribution is -0.147. The Hall–Kier alpha value is -2.03. The molecule has 1 aromatic rings. The second kappa shape index (κ2) is 9.07. The van der Waals surface area contributed by atoms with Gasteiger partial charge in [0.25, 0.3) is 0 Å². The lowest BCUT2D eigenvalue weighted by Crippen LogP contribution is -2.47. The minimum atomic E-state index is -0.873. The van der Waals surface area contributed by atoms with Gasteiger partial charge in [0.05, 0.1) is 23.9 Å². The van der Waals surface area contributed by atoms with E-state index in [9.17, 15) is 14.4 Å². The van der Waals surface area contributed by atoms with Gasteiger partial charge < -0.3 is 19.4 Å². The lowest BCUT2D eigenvalue weighted by atomic mass is 9.98. The van der Waals surface area contributed by atoms with Gasteiger partial charge in [0, 0.05) is 31.5 Å². The number of aryl methyl sites for hydroxylation is 2. The molecule has 8 nitrogen and oxygen atoms in total. The molecule has 1 aliphatic heterocycles. The highest BCUT2D eigenvalue weighted by atomic mass is 32.2. The van der Waals surface area contributed by atoms with Crippen LogP contribution in [0.15, 0.2) is 4.52 Å². The van der Waals surface area contributed by atoms with Crippen molar-refractivity contribution < 1.29 is 24.0 Å². The van der Waals surface area contributed by atoms with Crippen molar-refractivity contribution in [1.82, 2.24) is 15.0 Å². The SMILES string of the molecule is Cc1noc(C)c1CSCC(=O)N(C)CC(=O)N1CCCC(C(=O)O)C1. The van der Waals surface area contributed by atoms with Crippen molar-refractivity contribution in [3.05, 3.63) is 17.0 Å². The highest BCUT2D eigenvalue weighted by Crippen LogP contribution is 2.20. The summed E-state index contributed by atoms with van der Waals surface area (Å²) >= 11 is 1.45. The Balaban J connectivity index is 1.77. The van der Waals surface area contributed by atoms with Gasteiger partial charge in [-0.15, -0.1) is 11.8 Å². The van der Waals surface area contributed by atoms with Gasteiger partial charge in [0.1, 0.15) is 5.76 Å². The van der Waals surface area contributed by atoms with E-state index < -0.39 is 11.9 Å². The second-order valence-electron chi connectivity index (χ2n) is 6.56. The Morgan fingerprint density at radius 3 is 2.73 bits per heavy atom. The molecule has 0 saturated carbocycles. The number of hydrogen-bond donors (Lipinski definition) is 1. The maximum Gasteiger partial charge on any atom is 0.308 e. The first-order chi connectivity index (χ1) is 12.3. The van der Waals surface area contributed by atoms with Gasteiger partial charge in [-0.1, -0.05) is 5.16 Å². The van der Waals surface area contributed by atoms with Crippen molar-refractivity contribution in [1.29, 1.82) is 0 Å². The third-order valence-corrected chi connectivity index (χ3v) is 5.52. The number of hydrogen-bond acceptors (Lipinski definition) is 6. The molecule has 2 amide bonds. The molecule has 0 bridgehead atoms. The molecule has 0 radical (unpaired) electrons. The monoisotopic (exact) mass is 383 g/mol. The number of aliphatic carboxylic acids is 1. The standard InChI is InChI=1S/C17H25N3O5S/c1-11-14(12(2)25-18-11)9-26-10-16(22)19(3)8-15(21)20-6-4-5-13(7-20)17(23)24/h13H,4-10H2,1-3H3,(H,23,24). The van der Waals surface area contributed by atoms with E-state index in [4.69, 9.17) is 9.63 Å². The number of thioether (sulfide) groups is 1. The number of carbonyl (C=O) groups is 3. The summed E-state index contributed by atoms with van der Waals surface area (Å²) in [6.45, 7) is 4.44. The number of nitrogens with zero attached hydrogens (tertiary/aromatic N) is 3. The summed E-state index contributed by atoms with van der Waals surface area (Å²) in [4.78, 5) is 38.6. The average Bonchev–Trinajstić information content (AvgIpc) is 2.93. The molecule has 1 fully saturated rings. The number of aromatic nitrogens is 1. The third-order valence-electron chi connectivity index (χ3n) is 4.57. The Bertz CT molecular complexity index is 656.